The lowest BCUT2D eigenvalue weighted by molar-refractivity contribution is 0.0571. The molecular formula is C10H23NO. The summed E-state index contributed by atoms with van der Waals surface area (Å²) < 4.78 is 0. The molecule has 3 N–H and O–H groups in total. The van der Waals surface area contributed by atoms with Gasteiger partial charge in [-0.1, -0.05) is 39.0 Å². The van der Waals surface area contributed by atoms with Crippen molar-refractivity contribution in [3.63, 3.8) is 0 Å². The second kappa shape index (κ2) is 6.44. The van der Waals surface area contributed by atoms with Crippen LogP contribution in [0.2, 0.25) is 0 Å². The molecule has 0 rings (SSSR count). The Kier molecular flexibility index (Phi) is 6.39. The summed E-state index contributed by atoms with van der Waals surface area (Å²) in [5.74, 6) is 0. The van der Waals surface area contributed by atoms with Crippen LogP contribution in [0.15, 0.2) is 0 Å². The van der Waals surface area contributed by atoms with Crippen LogP contribution >= 0.6 is 0 Å². The molecule has 0 aliphatic heterocycles. The second-order valence-corrected chi connectivity index (χ2v) is 3.87. The van der Waals surface area contributed by atoms with E-state index in [1.807, 2.05) is 6.92 Å². The Morgan fingerprint density at radius 3 is 2.25 bits per heavy atom. The van der Waals surface area contributed by atoms with Crippen molar-refractivity contribution in [2.45, 2.75) is 58.0 Å². The Morgan fingerprint density at radius 2 is 1.75 bits per heavy atom. The minimum atomic E-state index is -0.633. The number of nitrogens with two attached hydrogens (primary N) is 1. The third kappa shape index (κ3) is 6.62. The largest absolute Gasteiger partial charge is 0.389 e. The van der Waals surface area contributed by atoms with Gasteiger partial charge in [0.15, 0.2) is 0 Å². The van der Waals surface area contributed by atoms with Crippen molar-refractivity contribution in [1.82, 2.24) is 0 Å². The molecule has 0 saturated heterocycles. The highest BCUT2D eigenvalue weighted by Crippen LogP contribution is 2.13. The van der Waals surface area contributed by atoms with E-state index in [2.05, 4.69) is 6.92 Å². The summed E-state index contributed by atoms with van der Waals surface area (Å²) in [7, 11) is 0. The first-order valence-corrected chi connectivity index (χ1v) is 5.05. The number of rotatable bonds is 7. The van der Waals surface area contributed by atoms with Gasteiger partial charge in [-0.25, -0.2) is 0 Å². The summed E-state index contributed by atoms with van der Waals surface area (Å²) in [4.78, 5) is 0. The lowest BCUT2D eigenvalue weighted by Crippen LogP contribution is -2.33. The zero-order valence-corrected chi connectivity index (χ0v) is 8.47. The first-order valence-electron chi connectivity index (χ1n) is 5.05. The van der Waals surface area contributed by atoms with Crippen LogP contribution in [0.4, 0.5) is 0 Å². The molecule has 0 radical (unpaired) electrons. The van der Waals surface area contributed by atoms with E-state index in [0.29, 0.717) is 6.54 Å². The number of hydrogen-bond acceptors (Lipinski definition) is 2. The minimum absolute atomic E-state index is 0.376. The summed E-state index contributed by atoms with van der Waals surface area (Å²) in [6.45, 7) is 4.39. The molecule has 0 aliphatic rings. The highest BCUT2D eigenvalue weighted by Gasteiger charge is 2.16. The quantitative estimate of drug-likeness (QED) is 0.579. The van der Waals surface area contributed by atoms with E-state index in [-0.39, 0.29) is 0 Å². The van der Waals surface area contributed by atoms with Crippen molar-refractivity contribution in [3.05, 3.63) is 0 Å². The molecule has 0 fully saturated rings. The molecule has 0 amide bonds. The molecule has 0 aromatic heterocycles. The predicted octanol–water partition coefficient (Wildman–Crippen LogP) is 2.06. The number of hydrogen-bond donors (Lipinski definition) is 2. The summed E-state index contributed by atoms with van der Waals surface area (Å²) >= 11 is 0. The van der Waals surface area contributed by atoms with Gasteiger partial charge >= 0.3 is 0 Å². The molecule has 2 heteroatoms. The van der Waals surface area contributed by atoms with Crippen molar-refractivity contribution >= 4 is 0 Å². The van der Waals surface area contributed by atoms with Crippen LogP contribution in [-0.2, 0) is 0 Å². The fourth-order valence-electron chi connectivity index (χ4n) is 1.21. The Morgan fingerprint density at radius 1 is 1.17 bits per heavy atom. The first kappa shape index (κ1) is 11.9. The van der Waals surface area contributed by atoms with Gasteiger partial charge in [-0.15, -0.1) is 0 Å². The molecule has 1 unspecified atom stereocenters. The van der Waals surface area contributed by atoms with Crippen molar-refractivity contribution in [2.24, 2.45) is 5.73 Å². The Balaban J connectivity index is 3.19. The predicted molar refractivity (Wildman–Crippen MR) is 53.1 cm³/mol. The van der Waals surface area contributed by atoms with Crippen LogP contribution in [-0.4, -0.2) is 17.3 Å². The lowest BCUT2D eigenvalue weighted by Gasteiger charge is -2.20. The summed E-state index contributed by atoms with van der Waals surface area (Å²) in [6.07, 6.45) is 7.04. The van der Waals surface area contributed by atoms with Gasteiger partial charge in [0, 0.05) is 6.54 Å². The first-order chi connectivity index (χ1) is 5.62. The third-order valence-corrected chi connectivity index (χ3v) is 2.26. The molecule has 0 spiro atoms. The molecular weight excluding hydrogens is 150 g/mol. The topological polar surface area (TPSA) is 46.2 Å². The average molecular weight is 173 g/mol. The Labute approximate surface area is 76.2 Å². The zero-order valence-electron chi connectivity index (χ0n) is 8.47. The van der Waals surface area contributed by atoms with E-state index in [9.17, 15) is 5.11 Å². The van der Waals surface area contributed by atoms with E-state index in [4.69, 9.17) is 5.73 Å². The highest BCUT2D eigenvalue weighted by atomic mass is 16.3. The molecule has 0 saturated carbocycles. The Hall–Kier alpha value is -0.0800. The molecule has 0 heterocycles. The molecule has 1 atom stereocenters. The second-order valence-electron chi connectivity index (χ2n) is 3.87. The van der Waals surface area contributed by atoms with Crippen LogP contribution in [0.5, 0.6) is 0 Å². The lowest BCUT2D eigenvalue weighted by atomic mass is 9.98. The van der Waals surface area contributed by atoms with Crippen molar-refractivity contribution in [2.75, 3.05) is 6.54 Å². The molecule has 0 aromatic carbocycles. The van der Waals surface area contributed by atoms with Gasteiger partial charge in [-0.3, -0.25) is 0 Å². The van der Waals surface area contributed by atoms with Gasteiger partial charge < -0.3 is 10.8 Å². The molecule has 0 bridgehead atoms. The molecule has 74 valence electrons. The molecule has 0 aliphatic carbocycles. The maximum absolute atomic E-state index is 9.55. The minimum Gasteiger partial charge on any atom is -0.389 e. The van der Waals surface area contributed by atoms with E-state index in [0.717, 1.165) is 12.8 Å². The summed E-state index contributed by atoms with van der Waals surface area (Å²) in [6, 6.07) is 0. The Bertz CT molecular complexity index is 102. The SMILES string of the molecule is CCCCCCCC(C)(O)CN. The maximum Gasteiger partial charge on any atom is 0.0741 e. The van der Waals surface area contributed by atoms with Gasteiger partial charge in [0.2, 0.25) is 0 Å². The van der Waals surface area contributed by atoms with Crippen molar-refractivity contribution in [3.8, 4) is 0 Å². The molecule has 12 heavy (non-hydrogen) atoms. The van der Waals surface area contributed by atoms with Gasteiger partial charge in [-0.2, -0.15) is 0 Å². The fraction of sp³-hybridized carbons (Fsp3) is 1.00. The number of unbranched alkanes of at least 4 members (excludes halogenated alkanes) is 4. The fourth-order valence-corrected chi connectivity index (χ4v) is 1.21. The third-order valence-electron chi connectivity index (χ3n) is 2.26. The van der Waals surface area contributed by atoms with Crippen LogP contribution in [0, 0.1) is 0 Å². The van der Waals surface area contributed by atoms with Crippen LogP contribution in [0.25, 0.3) is 0 Å². The van der Waals surface area contributed by atoms with Gasteiger partial charge in [0.05, 0.1) is 5.60 Å². The summed E-state index contributed by atoms with van der Waals surface area (Å²) in [5.41, 5.74) is 4.76. The number of aliphatic hydroxyl groups is 1. The van der Waals surface area contributed by atoms with Crippen molar-refractivity contribution in [1.29, 1.82) is 0 Å². The van der Waals surface area contributed by atoms with E-state index >= 15 is 0 Å². The average Bonchev–Trinajstić information content (AvgIpc) is 2.04. The van der Waals surface area contributed by atoms with Gasteiger partial charge in [0.1, 0.15) is 0 Å². The monoisotopic (exact) mass is 173 g/mol. The highest BCUT2D eigenvalue weighted by molar-refractivity contribution is 4.72. The van der Waals surface area contributed by atoms with Crippen molar-refractivity contribution < 1.29 is 5.11 Å². The molecule has 0 aromatic rings. The van der Waals surface area contributed by atoms with Crippen LogP contribution in [0.3, 0.4) is 0 Å². The standard InChI is InChI=1S/C10H23NO/c1-3-4-5-6-7-8-10(2,12)9-11/h12H,3-9,11H2,1-2H3. The van der Waals surface area contributed by atoms with E-state index in [1.165, 1.54) is 25.7 Å². The van der Waals surface area contributed by atoms with E-state index < -0.39 is 5.60 Å². The van der Waals surface area contributed by atoms with Crippen LogP contribution < -0.4 is 5.73 Å². The van der Waals surface area contributed by atoms with E-state index in [1.54, 1.807) is 0 Å². The van der Waals surface area contributed by atoms with Crippen LogP contribution in [0.1, 0.15) is 52.4 Å². The van der Waals surface area contributed by atoms with Gasteiger partial charge in [-0.05, 0) is 13.3 Å². The van der Waals surface area contributed by atoms with Gasteiger partial charge in [0.25, 0.3) is 0 Å². The molecule has 2 nitrogen and oxygen atoms in total. The zero-order chi connectivity index (χ0) is 9.45. The normalized spacial score (nSPS) is 16.0. The smallest absolute Gasteiger partial charge is 0.0741 e. The summed E-state index contributed by atoms with van der Waals surface area (Å²) in [5, 5.41) is 9.55. The maximum atomic E-state index is 9.55.